The van der Waals surface area contributed by atoms with E-state index < -0.39 is 41.3 Å². The summed E-state index contributed by atoms with van der Waals surface area (Å²) in [6.07, 6.45) is -3.36. The highest BCUT2D eigenvalue weighted by atomic mass is 19.4. The number of hydrogen-bond acceptors (Lipinski definition) is 6. The Morgan fingerprint density at radius 3 is 1.11 bits per heavy atom. The fourth-order valence-corrected chi connectivity index (χ4v) is 9.59. The van der Waals surface area contributed by atoms with Gasteiger partial charge in [-0.25, -0.2) is 15.0 Å². The summed E-state index contributed by atoms with van der Waals surface area (Å²) < 4.78 is 114. The molecular formula is C70H51F9N6O3. The average molecular weight is 1200 g/mol. The van der Waals surface area contributed by atoms with Crippen molar-refractivity contribution in [3.8, 4) is 39.1 Å². The number of aromatic amines is 3. The maximum absolute atomic E-state index is 12.7. The SMILES string of the molecule is CC(=O)c1ccccc1-c1ccc2nc(/C=C/c3ccc(C(F)(F)F)cc3)[nH]c2c1.CC(O)c1ccccc1-c1ccc2nc(/C=C/c3ccc(C(F)(F)F)cc3)[nH]c2c1.Oc1ccccc1-c1ccc2nc(/C=C/c3ccc(C(F)(F)F)cc3)[nH]c2c1. The number of ketones is 1. The zero-order chi connectivity index (χ0) is 62.3. The predicted octanol–water partition coefficient (Wildman–Crippen LogP) is 19.2. The number of hydrogen-bond donors (Lipinski definition) is 5. The summed E-state index contributed by atoms with van der Waals surface area (Å²) in [5.74, 6) is 1.97. The lowest BCUT2D eigenvalue weighted by atomic mass is 9.96. The highest BCUT2D eigenvalue weighted by Crippen LogP contribution is 2.35. The number of fused-ring (bicyclic) bond motifs is 3. The molecule has 0 amide bonds. The van der Waals surface area contributed by atoms with Crippen molar-refractivity contribution in [1.29, 1.82) is 0 Å². The van der Waals surface area contributed by atoms with Gasteiger partial charge < -0.3 is 25.2 Å². The number of phenolic OH excluding ortho intramolecular Hbond substituents is 1. The lowest BCUT2D eigenvalue weighted by Crippen LogP contribution is -2.03. The number of aliphatic hydroxyl groups excluding tert-OH is 1. The quantitative estimate of drug-likeness (QED) is 0.0645. The average Bonchev–Trinajstić information content (AvgIpc) is 4.15. The molecule has 0 spiro atoms. The number of halogens is 9. The third kappa shape index (κ3) is 14.7. The van der Waals surface area contributed by atoms with Gasteiger partial charge in [-0.3, -0.25) is 4.79 Å². The molecule has 0 aliphatic rings. The Balaban J connectivity index is 0.000000146. The molecule has 0 bridgehead atoms. The van der Waals surface area contributed by atoms with Crippen LogP contribution in [-0.2, 0) is 18.5 Å². The second kappa shape index (κ2) is 25.5. The maximum Gasteiger partial charge on any atom is 0.416 e. The van der Waals surface area contributed by atoms with Crippen LogP contribution in [0.1, 0.15) is 86.7 Å². The minimum atomic E-state index is -4.35. The van der Waals surface area contributed by atoms with Crippen LogP contribution in [0.15, 0.2) is 200 Å². The summed E-state index contributed by atoms with van der Waals surface area (Å²) in [7, 11) is 0. The van der Waals surface area contributed by atoms with E-state index in [9.17, 15) is 54.5 Å². The lowest BCUT2D eigenvalue weighted by Gasteiger charge is -2.11. The van der Waals surface area contributed by atoms with Gasteiger partial charge in [0.05, 0.1) is 55.9 Å². The Kier molecular flexibility index (Phi) is 17.6. The smallest absolute Gasteiger partial charge is 0.416 e. The Hall–Kier alpha value is -10.6. The number of nitrogens with one attached hydrogen (secondary N) is 3. The van der Waals surface area contributed by atoms with Crippen molar-refractivity contribution < 1.29 is 54.5 Å². The van der Waals surface area contributed by atoms with Crippen LogP contribution in [0, 0.1) is 0 Å². The molecule has 0 aliphatic carbocycles. The molecule has 0 aliphatic heterocycles. The van der Waals surface area contributed by atoms with E-state index in [1.807, 2.05) is 109 Å². The van der Waals surface area contributed by atoms with Crippen molar-refractivity contribution in [2.75, 3.05) is 0 Å². The predicted molar refractivity (Wildman–Crippen MR) is 328 cm³/mol. The number of carbonyl (C=O) groups excluding carboxylic acids is 1. The van der Waals surface area contributed by atoms with E-state index in [1.165, 1.54) is 43.3 Å². The molecule has 12 rings (SSSR count). The molecule has 0 saturated carbocycles. The number of alkyl halides is 9. The van der Waals surface area contributed by atoms with Gasteiger partial charge in [0.25, 0.3) is 0 Å². The van der Waals surface area contributed by atoms with E-state index in [1.54, 1.807) is 61.6 Å². The van der Waals surface area contributed by atoms with Crippen LogP contribution in [-0.4, -0.2) is 45.9 Å². The first kappa shape index (κ1) is 60.5. The van der Waals surface area contributed by atoms with Crippen molar-refractivity contribution in [1.82, 2.24) is 29.9 Å². The molecule has 0 fully saturated rings. The van der Waals surface area contributed by atoms with Gasteiger partial charge >= 0.3 is 18.5 Å². The van der Waals surface area contributed by atoms with Gasteiger partial charge in [-0.15, -0.1) is 0 Å². The van der Waals surface area contributed by atoms with Crippen LogP contribution in [0.2, 0.25) is 0 Å². The first-order chi connectivity index (χ1) is 42.0. The Morgan fingerprint density at radius 1 is 0.420 bits per heavy atom. The first-order valence-corrected chi connectivity index (χ1v) is 27.2. The van der Waals surface area contributed by atoms with Crippen molar-refractivity contribution in [2.45, 2.75) is 38.5 Å². The third-order valence-electron chi connectivity index (χ3n) is 14.1. The normalized spacial score (nSPS) is 12.5. The fourth-order valence-electron chi connectivity index (χ4n) is 9.59. The second-order valence-electron chi connectivity index (χ2n) is 20.3. The van der Waals surface area contributed by atoms with Gasteiger partial charge in [-0.1, -0.05) is 140 Å². The number of nitrogens with zero attached hydrogens (tertiary/aromatic N) is 3. The molecule has 1 unspecified atom stereocenters. The van der Waals surface area contributed by atoms with Crippen LogP contribution >= 0.6 is 0 Å². The molecule has 12 aromatic rings. The number of imidazole rings is 3. The van der Waals surface area contributed by atoms with Crippen molar-refractivity contribution in [2.24, 2.45) is 0 Å². The largest absolute Gasteiger partial charge is 0.507 e. The maximum atomic E-state index is 12.7. The fraction of sp³-hybridized carbons (Fsp3) is 0.0857. The summed E-state index contributed by atoms with van der Waals surface area (Å²) in [5.41, 5.74) is 11.4. The summed E-state index contributed by atoms with van der Waals surface area (Å²) in [5, 5.41) is 20.0. The van der Waals surface area contributed by atoms with E-state index in [0.29, 0.717) is 39.7 Å². The highest BCUT2D eigenvalue weighted by molar-refractivity contribution is 6.01. The third-order valence-corrected chi connectivity index (χ3v) is 14.1. The number of aliphatic hydroxyl groups is 1. The van der Waals surface area contributed by atoms with Crippen LogP contribution in [0.25, 0.3) is 103 Å². The number of benzene rings is 9. The van der Waals surface area contributed by atoms with Crippen molar-refractivity contribution in [3.63, 3.8) is 0 Å². The highest BCUT2D eigenvalue weighted by Gasteiger charge is 2.31. The molecule has 88 heavy (non-hydrogen) atoms. The number of carbonyl (C=O) groups is 1. The number of para-hydroxylation sites is 1. The topological polar surface area (TPSA) is 144 Å². The number of aromatic nitrogens is 6. The van der Waals surface area contributed by atoms with Crippen LogP contribution in [0.5, 0.6) is 5.75 Å². The zero-order valence-corrected chi connectivity index (χ0v) is 46.6. The van der Waals surface area contributed by atoms with Gasteiger partial charge in [0, 0.05) is 11.1 Å². The van der Waals surface area contributed by atoms with E-state index in [4.69, 9.17) is 0 Å². The van der Waals surface area contributed by atoms with Gasteiger partial charge in [0.15, 0.2) is 5.78 Å². The number of H-pyrrole nitrogens is 3. The molecule has 0 radical (unpaired) electrons. The molecule has 0 saturated heterocycles. The molecule has 1 atom stereocenters. The molecule has 442 valence electrons. The van der Waals surface area contributed by atoms with Crippen LogP contribution < -0.4 is 0 Å². The minimum Gasteiger partial charge on any atom is -0.507 e. The molecule has 3 heterocycles. The zero-order valence-electron chi connectivity index (χ0n) is 46.6. The van der Waals surface area contributed by atoms with Crippen LogP contribution in [0.4, 0.5) is 39.5 Å². The Morgan fingerprint density at radius 2 is 0.750 bits per heavy atom. The first-order valence-electron chi connectivity index (χ1n) is 27.2. The summed E-state index contributed by atoms with van der Waals surface area (Å²) in [6, 6.07) is 54.2. The molecular weight excluding hydrogens is 1140 g/mol. The van der Waals surface area contributed by atoms with Gasteiger partial charge in [-0.05, 0) is 161 Å². The van der Waals surface area contributed by atoms with Crippen molar-refractivity contribution >= 4 is 75.3 Å². The molecule has 9 aromatic carbocycles. The summed E-state index contributed by atoms with van der Waals surface area (Å²) >= 11 is 0. The van der Waals surface area contributed by atoms with E-state index >= 15 is 0 Å². The van der Waals surface area contributed by atoms with Gasteiger partial charge in [0.1, 0.15) is 23.2 Å². The van der Waals surface area contributed by atoms with E-state index in [-0.39, 0.29) is 11.5 Å². The second-order valence-corrected chi connectivity index (χ2v) is 20.3. The number of rotatable bonds is 11. The summed E-state index contributed by atoms with van der Waals surface area (Å²) in [6.45, 7) is 3.27. The summed E-state index contributed by atoms with van der Waals surface area (Å²) in [4.78, 5) is 35.0. The standard InChI is InChI=1S/C24H19F3N2O.C24H17F3N2O.C22H15F3N2O/c2*1-15(30)19-4-2-3-5-20(19)17-9-12-21-22(14-17)29-23(28-21)13-8-16-6-10-18(11-7-16)24(25,26)27;23-22(24,25)16-9-5-14(6-10-16)7-12-21-26-18-11-8-15(13-19(18)27-21)17-3-1-2-4-20(17)28/h2-15,30H,1H3,(H,28,29);2-14H,1H3,(H,28,29);1-13,28H,(H,26,27)/b2*13-8+;12-7+. The Bertz CT molecular complexity index is 4530. The van der Waals surface area contributed by atoms with Crippen LogP contribution in [0.3, 0.4) is 0 Å². The molecule has 5 N–H and O–H groups in total. The van der Waals surface area contributed by atoms with Gasteiger partial charge in [0.2, 0.25) is 0 Å². The van der Waals surface area contributed by atoms with Crippen molar-refractivity contribution in [3.05, 3.63) is 262 Å². The molecule has 9 nitrogen and oxygen atoms in total. The number of Topliss-reactive ketones (excluding diaryl/α,β-unsaturated/α-hetero) is 1. The molecule has 3 aromatic heterocycles. The molecule has 18 heteroatoms. The lowest BCUT2D eigenvalue weighted by molar-refractivity contribution is -0.138. The van der Waals surface area contributed by atoms with E-state index in [2.05, 4.69) is 29.9 Å². The number of phenols is 1. The monoisotopic (exact) mass is 1190 g/mol. The van der Waals surface area contributed by atoms with Gasteiger partial charge in [-0.2, -0.15) is 39.5 Å². The number of aromatic hydroxyl groups is 1. The van der Waals surface area contributed by atoms with E-state index in [0.717, 1.165) is 108 Å². The minimum absolute atomic E-state index is 0.00419. The Labute approximate surface area is 497 Å².